The average Bonchev–Trinajstić information content (AvgIpc) is 2.59. The molecule has 0 unspecified atom stereocenters. The third kappa shape index (κ3) is 5.09. The highest BCUT2D eigenvalue weighted by molar-refractivity contribution is 7.89. The molecule has 7 nitrogen and oxygen atoms in total. The van der Waals surface area contributed by atoms with Crippen LogP contribution >= 0.6 is 0 Å². The van der Waals surface area contributed by atoms with Gasteiger partial charge >= 0.3 is 6.03 Å². The number of amides is 2. The minimum atomic E-state index is -3.55. The lowest BCUT2D eigenvalue weighted by molar-refractivity contribution is 0.169. The van der Waals surface area contributed by atoms with Crippen LogP contribution in [0.4, 0.5) is 4.79 Å². The van der Waals surface area contributed by atoms with Gasteiger partial charge < -0.3 is 15.0 Å². The second-order valence-corrected chi connectivity index (χ2v) is 9.22. The zero-order valence-electron chi connectivity index (χ0n) is 15.3. The van der Waals surface area contributed by atoms with Crippen molar-refractivity contribution in [3.8, 4) is 5.75 Å². The molecule has 1 aliphatic heterocycles. The molecule has 25 heavy (non-hydrogen) atoms. The van der Waals surface area contributed by atoms with Gasteiger partial charge in [0.2, 0.25) is 10.0 Å². The average molecular weight is 369 g/mol. The van der Waals surface area contributed by atoms with Gasteiger partial charge in [0, 0.05) is 32.7 Å². The van der Waals surface area contributed by atoms with Gasteiger partial charge in [0.25, 0.3) is 0 Å². The van der Waals surface area contributed by atoms with Gasteiger partial charge in [-0.15, -0.1) is 0 Å². The van der Waals surface area contributed by atoms with Gasteiger partial charge in [0.15, 0.2) is 0 Å². The topological polar surface area (TPSA) is 79.0 Å². The number of carbonyl (C=O) groups is 1. The van der Waals surface area contributed by atoms with E-state index in [1.165, 1.54) is 23.5 Å². The van der Waals surface area contributed by atoms with Gasteiger partial charge in [-0.2, -0.15) is 4.31 Å². The van der Waals surface area contributed by atoms with Gasteiger partial charge in [-0.1, -0.05) is 20.8 Å². The Morgan fingerprint density at radius 2 is 1.68 bits per heavy atom. The number of piperazine rings is 1. The number of nitrogens with one attached hydrogen (secondary N) is 1. The number of methoxy groups -OCH3 is 1. The summed E-state index contributed by atoms with van der Waals surface area (Å²) in [5, 5.41) is 2.90. The first-order valence-electron chi connectivity index (χ1n) is 8.30. The van der Waals surface area contributed by atoms with Crippen molar-refractivity contribution in [1.29, 1.82) is 0 Å². The minimum absolute atomic E-state index is 0.00911. The van der Waals surface area contributed by atoms with Crippen molar-refractivity contribution in [2.24, 2.45) is 5.41 Å². The highest BCUT2D eigenvalue weighted by atomic mass is 32.2. The summed E-state index contributed by atoms with van der Waals surface area (Å²) in [6, 6.07) is 6.19. The van der Waals surface area contributed by atoms with Gasteiger partial charge in [0.05, 0.1) is 12.0 Å². The number of sulfonamides is 1. The van der Waals surface area contributed by atoms with Crippen LogP contribution in [0, 0.1) is 5.41 Å². The lowest BCUT2D eigenvalue weighted by atomic mass is 9.97. The highest BCUT2D eigenvalue weighted by Gasteiger charge is 2.30. The Hall–Kier alpha value is -1.80. The zero-order valence-corrected chi connectivity index (χ0v) is 16.1. The van der Waals surface area contributed by atoms with Crippen LogP contribution in [0.3, 0.4) is 0 Å². The van der Waals surface area contributed by atoms with E-state index in [0.29, 0.717) is 25.4 Å². The van der Waals surface area contributed by atoms with E-state index in [2.05, 4.69) is 5.32 Å². The van der Waals surface area contributed by atoms with Crippen LogP contribution in [0.2, 0.25) is 0 Å². The summed E-state index contributed by atoms with van der Waals surface area (Å²) in [5.41, 5.74) is 0.00911. The maximum atomic E-state index is 12.7. The Labute approximate surface area is 150 Å². The quantitative estimate of drug-likeness (QED) is 0.877. The molecule has 1 heterocycles. The van der Waals surface area contributed by atoms with E-state index in [-0.39, 0.29) is 29.4 Å². The molecule has 140 valence electrons. The Morgan fingerprint density at radius 3 is 2.16 bits per heavy atom. The molecule has 0 bridgehead atoms. The third-order valence-electron chi connectivity index (χ3n) is 3.99. The summed E-state index contributed by atoms with van der Waals surface area (Å²) in [6.45, 7) is 8.06. The smallest absolute Gasteiger partial charge is 0.317 e. The third-order valence-corrected chi connectivity index (χ3v) is 5.91. The Kier molecular flexibility index (Phi) is 5.95. The van der Waals surface area contributed by atoms with E-state index >= 15 is 0 Å². The molecule has 0 aromatic heterocycles. The molecule has 2 amide bonds. The molecule has 1 aromatic rings. The highest BCUT2D eigenvalue weighted by Crippen LogP contribution is 2.20. The summed E-state index contributed by atoms with van der Waals surface area (Å²) in [6.07, 6.45) is 0. The lowest BCUT2D eigenvalue weighted by Gasteiger charge is -2.34. The van der Waals surface area contributed by atoms with Crippen LogP contribution in [-0.4, -0.2) is 63.5 Å². The summed E-state index contributed by atoms with van der Waals surface area (Å²) >= 11 is 0. The summed E-state index contributed by atoms with van der Waals surface area (Å²) in [5.74, 6) is 0.610. The number of nitrogens with zero attached hydrogens (tertiary/aromatic N) is 2. The molecular weight excluding hydrogens is 342 g/mol. The molecule has 1 saturated heterocycles. The van der Waals surface area contributed by atoms with Gasteiger partial charge in [-0.3, -0.25) is 0 Å². The number of benzene rings is 1. The number of urea groups is 1. The number of ether oxygens (including phenoxy) is 1. The minimum Gasteiger partial charge on any atom is -0.497 e. The summed E-state index contributed by atoms with van der Waals surface area (Å²) in [4.78, 5) is 14.1. The summed E-state index contributed by atoms with van der Waals surface area (Å²) < 4.78 is 31.8. The SMILES string of the molecule is COc1ccc(S(=O)(=O)N2CCN(C(=O)NCC(C)(C)C)CC2)cc1. The number of rotatable bonds is 4. The van der Waals surface area contributed by atoms with Crippen molar-refractivity contribution < 1.29 is 17.9 Å². The Morgan fingerprint density at radius 1 is 1.12 bits per heavy atom. The fraction of sp³-hybridized carbons (Fsp3) is 0.588. The van der Waals surface area contributed by atoms with Crippen LogP contribution in [0.25, 0.3) is 0 Å². The molecule has 1 aliphatic rings. The van der Waals surface area contributed by atoms with E-state index in [1.54, 1.807) is 17.0 Å². The number of hydrogen-bond acceptors (Lipinski definition) is 4. The standard InChI is InChI=1S/C17H27N3O4S/c1-17(2,3)13-18-16(21)19-9-11-20(12-10-19)25(22,23)15-7-5-14(24-4)6-8-15/h5-8H,9-13H2,1-4H3,(H,18,21). The van der Waals surface area contributed by atoms with Gasteiger partial charge in [-0.05, 0) is 29.7 Å². The molecule has 1 N–H and O–H groups in total. The van der Waals surface area contributed by atoms with Crippen LogP contribution < -0.4 is 10.1 Å². The molecule has 1 aromatic carbocycles. The fourth-order valence-corrected chi connectivity index (χ4v) is 3.90. The first-order chi connectivity index (χ1) is 11.6. The van der Waals surface area contributed by atoms with Crippen LogP contribution in [0.1, 0.15) is 20.8 Å². The largest absolute Gasteiger partial charge is 0.497 e. The molecule has 0 radical (unpaired) electrons. The predicted molar refractivity (Wildman–Crippen MR) is 96.2 cm³/mol. The number of carbonyl (C=O) groups excluding carboxylic acids is 1. The molecule has 2 rings (SSSR count). The second-order valence-electron chi connectivity index (χ2n) is 7.29. The Balaban J connectivity index is 1.95. The van der Waals surface area contributed by atoms with E-state index in [9.17, 15) is 13.2 Å². The molecular formula is C17H27N3O4S. The maximum Gasteiger partial charge on any atom is 0.317 e. The zero-order chi connectivity index (χ0) is 18.7. The van der Waals surface area contributed by atoms with E-state index in [4.69, 9.17) is 4.74 Å². The molecule has 1 fully saturated rings. The van der Waals surface area contributed by atoms with Crippen LogP contribution in [-0.2, 0) is 10.0 Å². The molecule has 0 aliphatic carbocycles. The molecule has 0 atom stereocenters. The second kappa shape index (κ2) is 7.61. The predicted octanol–water partition coefficient (Wildman–Crippen LogP) is 1.76. The van der Waals surface area contributed by atoms with Crippen molar-refractivity contribution in [3.05, 3.63) is 24.3 Å². The van der Waals surface area contributed by atoms with Crippen molar-refractivity contribution in [3.63, 3.8) is 0 Å². The van der Waals surface area contributed by atoms with E-state index in [1.807, 2.05) is 20.8 Å². The first-order valence-corrected chi connectivity index (χ1v) is 9.74. The fourth-order valence-electron chi connectivity index (χ4n) is 2.48. The number of hydrogen-bond donors (Lipinski definition) is 1. The monoisotopic (exact) mass is 369 g/mol. The van der Waals surface area contributed by atoms with E-state index < -0.39 is 10.0 Å². The van der Waals surface area contributed by atoms with Crippen molar-refractivity contribution in [2.75, 3.05) is 39.8 Å². The van der Waals surface area contributed by atoms with Crippen molar-refractivity contribution in [1.82, 2.24) is 14.5 Å². The van der Waals surface area contributed by atoms with Crippen LogP contribution in [0.5, 0.6) is 5.75 Å². The maximum absolute atomic E-state index is 12.7. The van der Waals surface area contributed by atoms with Crippen LogP contribution in [0.15, 0.2) is 29.2 Å². The lowest BCUT2D eigenvalue weighted by Crippen LogP contribution is -2.53. The molecule has 8 heteroatoms. The molecule has 0 spiro atoms. The first kappa shape index (κ1) is 19.5. The van der Waals surface area contributed by atoms with Gasteiger partial charge in [-0.25, -0.2) is 13.2 Å². The normalized spacial score (nSPS) is 16.6. The molecule has 0 saturated carbocycles. The van der Waals surface area contributed by atoms with E-state index in [0.717, 1.165) is 0 Å². The van der Waals surface area contributed by atoms with Gasteiger partial charge in [0.1, 0.15) is 5.75 Å². The summed E-state index contributed by atoms with van der Waals surface area (Å²) in [7, 11) is -2.02. The van der Waals surface area contributed by atoms with Crippen molar-refractivity contribution >= 4 is 16.1 Å². The van der Waals surface area contributed by atoms with Crippen molar-refractivity contribution in [2.45, 2.75) is 25.7 Å². The Bertz CT molecular complexity index is 688.